The van der Waals surface area contributed by atoms with Gasteiger partial charge in [-0.25, -0.2) is 13.8 Å². The average Bonchev–Trinajstić information content (AvgIpc) is 2.65. The number of aromatic amines is 1. The second-order valence-electron chi connectivity index (χ2n) is 4.74. The number of halogens is 1. The Morgan fingerprint density at radius 2 is 2.14 bits per heavy atom. The summed E-state index contributed by atoms with van der Waals surface area (Å²) in [6.07, 6.45) is -7.15. The van der Waals surface area contributed by atoms with Crippen LogP contribution in [0.1, 0.15) is 13.2 Å². The lowest BCUT2D eigenvalue weighted by molar-refractivity contribution is -0.0763. The van der Waals surface area contributed by atoms with Crippen LogP contribution in [-0.4, -0.2) is 48.9 Å². The Bertz CT molecular complexity index is 699. The lowest BCUT2D eigenvalue weighted by atomic mass is 10.1. The summed E-state index contributed by atoms with van der Waals surface area (Å²) in [5.41, 5.74) is -1.64. The van der Waals surface area contributed by atoms with Gasteiger partial charge in [0.25, 0.3) is 5.56 Å². The molecule has 2 heterocycles. The van der Waals surface area contributed by atoms with Crippen molar-refractivity contribution in [2.24, 2.45) is 0 Å². The summed E-state index contributed by atoms with van der Waals surface area (Å²) in [7, 11) is -4.86. The molecule has 0 amide bonds. The number of rotatable bonds is 4. The molecule has 1 aliphatic rings. The molecule has 0 radical (unpaired) electrons. The highest BCUT2D eigenvalue weighted by Crippen LogP contribution is 2.41. The van der Waals surface area contributed by atoms with Crippen molar-refractivity contribution < 1.29 is 33.1 Å². The number of H-pyrrole nitrogens is 1. The van der Waals surface area contributed by atoms with E-state index >= 15 is 0 Å². The number of ether oxygens (including phenoxy) is 1. The number of hydrogen-bond acceptors (Lipinski definition) is 6. The van der Waals surface area contributed by atoms with Crippen molar-refractivity contribution in [1.29, 1.82) is 0 Å². The number of phosphoric ester groups is 1. The Balaban J connectivity index is 2.25. The zero-order chi connectivity index (χ0) is 16.7. The molecule has 10 nitrogen and oxygen atoms in total. The molecule has 4 N–H and O–H groups in total. The van der Waals surface area contributed by atoms with Crippen molar-refractivity contribution in [3.63, 3.8) is 0 Å². The molecule has 1 aromatic rings. The van der Waals surface area contributed by atoms with E-state index in [4.69, 9.17) is 14.5 Å². The van der Waals surface area contributed by atoms with Crippen LogP contribution in [-0.2, 0) is 13.8 Å². The zero-order valence-corrected chi connectivity index (χ0v) is 12.1. The van der Waals surface area contributed by atoms with Gasteiger partial charge in [0.05, 0.1) is 6.10 Å². The number of nitrogens with zero attached hydrogens (tertiary/aromatic N) is 1. The van der Waals surface area contributed by atoms with Crippen LogP contribution in [0.15, 0.2) is 21.9 Å². The van der Waals surface area contributed by atoms with Gasteiger partial charge in [-0.3, -0.25) is 18.9 Å². The smallest absolute Gasteiger partial charge is 0.387 e. The van der Waals surface area contributed by atoms with E-state index in [2.05, 4.69) is 4.52 Å². The molecule has 0 bridgehead atoms. The van der Waals surface area contributed by atoms with E-state index < -0.39 is 49.8 Å². The number of aromatic nitrogens is 2. The van der Waals surface area contributed by atoms with Crippen molar-refractivity contribution in [3.8, 4) is 0 Å². The van der Waals surface area contributed by atoms with Crippen molar-refractivity contribution in [2.45, 2.75) is 37.6 Å². The van der Waals surface area contributed by atoms with Crippen molar-refractivity contribution in [3.05, 3.63) is 33.1 Å². The number of aliphatic hydroxyl groups excluding tert-OH is 1. The molecule has 0 spiro atoms. The van der Waals surface area contributed by atoms with Crippen LogP contribution in [0.4, 0.5) is 4.39 Å². The van der Waals surface area contributed by atoms with Crippen molar-refractivity contribution >= 4 is 7.82 Å². The van der Waals surface area contributed by atoms with Gasteiger partial charge < -0.3 is 19.6 Å². The van der Waals surface area contributed by atoms with Gasteiger partial charge in [0, 0.05) is 12.3 Å². The number of phosphoric acid groups is 1. The molecular formula is C10H14FN2O8P. The minimum atomic E-state index is -4.86. The van der Waals surface area contributed by atoms with Gasteiger partial charge in [-0.2, -0.15) is 0 Å². The first-order valence-electron chi connectivity index (χ1n) is 6.13. The Labute approximate surface area is 122 Å². The summed E-state index contributed by atoms with van der Waals surface area (Å²) < 4.78 is 35.1. The van der Waals surface area contributed by atoms with Gasteiger partial charge in [0.15, 0.2) is 12.4 Å². The molecule has 2 rings (SSSR count). The van der Waals surface area contributed by atoms with Gasteiger partial charge in [-0.1, -0.05) is 0 Å². The lowest BCUT2D eigenvalue weighted by Crippen LogP contribution is -2.37. The third kappa shape index (κ3) is 3.51. The van der Waals surface area contributed by atoms with Gasteiger partial charge in [-0.15, -0.1) is 0 Å². The predicted octanol–water partition coefficient (Wildman–Crippen LogP) is -1.37. The molecule has 22 heavy (non-hydrogen) atoms. The monoisotopic (exact) mass is 340 g/mol. The third-order valence-corrected chi connectivity index (χ3v) is 3.73. The Morgan fingerprint density at radius 1 is 1.50 bits per heavy atom. The molecule has 0 aromatic carbocycles. The van der Waals surface area contributed by atoms with Crippen LogP contribution >= 0.6 is 7.82 Å². The van der Waals surface area contributed by atoms with E-state index in [-0.39, 0.29) is 0 Å². The topological polar surface area (TPSA) is 151 Å². The Kier molecular flexibility index (Phi) is 4.66. The van der Waals surface area contributed by atoms with Crippen molar-refractivity contribution in [1.82, 2.24) is 9.55 Å². The fourth-order valence-corrected chi connectivity index (χ4v) is 2.73. The van der Waals surface area contributed by atoms with Crippen LogP contribution < -0.4 is 11.2 Å². The summed E-state index contributed by atoms with van der Waals surface area (Å²) in [6, 6.07) is 0.965. The van der Waals surface area contributed by atoms with E-state index in [0.717, 1.165) is 16.8 Å². The molecule has 0 unspecified atom stereocenters. The maximum atomic E-state index is 14.1. The van der Waals surface area contributed by atoms with Crippen LogP contribution in [0.3, 0.4) is 0 Å². The molecule has 5 atom stereocenters. The van der Waals surface area contributed by atoms with Gasteiger partial charge in [0.2, 0.25) is 0 Å². The molecule has 124 valence electrons. The quantitative estimate of drug-likeness (QED) is 0.490. The van der Waals surface area contributed by atoms with E-state index in [1.165, 1.54) is 6.92 Å². The SMILES string of the molecule is C[C@H](OP(=O)(O)O)[C@H]1O[C@@H](n2ccc(=O)[nH]c2=O)[C@H](F)[C@@H]1O. The molecule has 0 saturated carbocycles. The minimum Gasteiger partial charge on any atom is -0.387 e. The van der Waals surface area contributed by atoms with Crippen LogP contribution in [0, 0.1) is 0 Å². The molecular weight excluding hydrogens is 326 g/mol. The normalized spacial score (nSPS) is 30.4. The number of alkyl halides is 1. The molecule has 1 aromatic heterocycles. The zero-order valence-electron chi connectivity index (χ0n) is 11.2. The summed E-state index contributed by atoms with van der Waals surface area (Å²) in [5.74, 6) is 0. The number of hydrogen-bond donors (Lipinski definition) is 4. The first-order chi connectivity index (χ1) is 10.1. The highest BCUT2D eigenvalue weighted by molar-refractivity contribution is 7.46. The fraction of sp³-hybridized carbons (Fsp3) is 0.600. The van der Waals surface area contributed by atoms with Crippen molar-refractivity contribution in [2.75, 3.05) is 0 Å². The van der Waals surface area contributed by atoms with E-state index in [9.17, 15) is 23.7 Å². The van der Waals surface area contributed by atoms with Gasteiger partial charge >= 0.3 is 13.5 Å². The Hall–Kier alpha value is -1.36. The molecule has 0 aliphatic carbocycles. The molecule has 1 saturated heterocycles. The summed E-state index contributed by atoms with van der Waals surface area (Å²) in [5, 5.41) is 9.78. The summed E-state index contributed by atoms with van der Waals surface area (Å²) in [4.78, 5) is 41.9. The highest BCUT2D eigenvalue weighted by Gasteiger charge is 2.49. The summed E-state index contributed by atoms with van der Waals surface area (Å²) in [6.45, 7) is 1.18. The first kappa shape index (κ1) is 17.0. The van der Waals surface area contributed by atoms with Gasteiger partial charge in [-0.05, 0) is 6.92 Å². The highest BCUT2D eigenvalue weighted by atomic mass is 31.2. The van der Waals surface area contributed by atoms with E-state index in [0.29, 0.717) is 0 Å². The summed E-state index contributed by atoms with van der Waals surface area (Å²) >= 11 is 0. The first-order valence-corrected chi connectivity index (χ1v) is 7.66. The van der Waals surface area contributed by atoms with Crippen LogP contribution in [0.2, 0.25) is 0 Å². The Morgan fingerprint density at radius 3 is 2.68 bits per heavy atom. The lowest BCUT2D eigenvalue weighted by Gasteiger charge is -2.22. The number of nitrogens with one attached hydrogen (secondary N) is 1. The van der Waals surface area contributed by atoms with E-state index in [1.807, 2.05) is 4.98 Å². The van der Waals surface area contributed by atoms with Gasteiger partial charge in [0.1, 0.15) is 12.2 Å². The predicted molar refractivity (Wildman–Crippen MR) is 68.7 cm³/mol. The minimum absolute atomic E-state index is 0.690. The maximum absolute atomic E-state index is 14.1. The largest absolute Gasteiger partial charge is 0.469 e. The van der Waals surface area contributed by atoms with E-state index in [1.54, 1.807) is 0 Å². The molecule has 1 aliphatic heterocycles. The fourth-order valence-electron chi connectivity index (χ4n) is 2.18. The van der Waals surface area contributed by atoms with Crippen LogP contribution in [0.25, 0.3) is 0 Å². The maximum Gasteiger partial charge on any atom is 0.469 e. The second-order valence-corrected chi connectivity index (χ2v) is 5.94. The van der Waals surface area contributed by atoms with Crippen LogP contribution in [0.5, 0.6) is 0 Å². The number of aliphatic hydroxyl groups is 1. The standard InChI is InChI=1S/C10H14FN2O8P/c1-4(21-22(17,18)19)8-7(15)6(11)9(20-8)13-3-2-5(14)12-10(13)16/h2-4,6-9,15H,1H3,(H,12,14,16)(H2,17,18,19)/t4-,6+,7-,8+,9+/m0/s1. The third-order valence-electron chi connectivity index (χ3n) is 3.12. The molecule has 1 fully saturated rings. The average molecular weight is 340 g/mol. The second kappa shape index (κ2) is 6.03. The molecule has 12 heteroatoms.